The highest BCUT2D eigenvalue weighted by molar-refractivity contribution is 5.88. The van der Waals surface area contributed by atoms with E-state index in [1.165, 1.54) is 6.26 Å². The fourth-order valence-electron chi connectivity index (χ4n) is 3.04. The molecule has 3 rings (SSSR count). The Morgan fingerprint density at radius 3 is 2.03 bits per heavy atom. The number of rotatable bonds is 8. The topological polar surface area (TPSA) is 61.8 Å². The summed E-state index contributed by atoms with van der Waals surface area (Å²) in [4.78, 5) is 22.6. The average Bonchev–Trinajstić information content (AvgIpc) is 2.82. The smallest absolute Gasteiger partial charge is 0.338 e. The second-order valence-corrected chi connectivity index (χ2v) is 7.28. The van der Waals surface area contributed by atoms with Gasteiger partial charge in [-0.25, -0.2) is 9.59 Å². The highest BCUT2D eigenvalue weighted by Gasteiger charge is 2.08. The third kappa shape index (κ3) is 6.31. The van der Waals surface area contributed by atoms with Gasteiger partial charge >= 0.3 is 11.9 Å². The maximum absolute atomic E-state index is 11.7. The quantitative estimate of drug-likeness (QED) is 0.176. The first-order valence-electron chi connectivity index (χ1n) is 10.2. The Balaban J connectivity index is 1.69. The fourth-order valence-corrected chi connectivity index (χ4v) is 3.04. The van der Waals surface area contributed by atoms with Crippen LogP contribution in [0.4, 0.5) is 0 Å². The van der Waals surface area contributed by atoms with Crippen LogP contribution in [0.25, 0.3) is 22.3 Å². The summed E-state index contributed by atoms with van der Waals surface area (Å²) < 4.78 is 15.4. The van der Waals surface area contributed by atoms with Crippen LogP contribution in [-0.4, -0.2) is 11.9 Å². The Bertz CT molecular complexity index is 1200. The van der Waals surface area contributed by atoms with Gasteiger partial charge in [-0.05, 0) is 65.9 Å². The van der Waals surface area contributed by atoms with Gasteiger partial charge in [-0.15, -0.1) is 0 Å². The minimum Gasteiger partial charge on any atom is -0.462 e. The van der Waals surface area contributed by atoms with Gasteiger partial charge in [-0.2, -0.15) is 0 Å². The molecule has 0 N–H and O–H groups in total. The molecular formula is C28H24O5. The van der Waals surface area contributed by atoms with Crippen molar-refractivity contribution in [3.05, 3.63) is 110 Å². The maximum Gasteiger partial charge on any atom is 0.338 e. The number of benzene rings is 3. The molecule has 0 saturated heterocycles. The lowest BCUT2D eigenvalue weighted by Crippen LogP contribution is -2.07. The minimum atomic E-state index is -0.550. The average molecular weight is 440 g/mol. The number of hydrogen-bond donors (Lipinski definition) is 0. The van der Waals surface area contributed by atoms with Crippen LogP contribution >= 0.6 is 0 Å². The van der Waals surface area contributed by atoms with Gasteiger partial charge in [0.2, 0.25) is 0 Å². The summed E-state index contributed by atoms with van der Waals surface area (Å²) in [5.41, 5.74) is 5.72. The minimum absolute atomic E-state index is 0.357. The van der Waals surface area contributed by atoms with Crippen molar-refractivity contribution < 1.29 is 23.8 Å². The summed E-state index contributed by atoms with van der Waals surface area (Å²) in [5, 5.41) is 0. The van der Waals surface area contributed by atoms with E-state index >= 15 is 0 Å². The molecule has 0 heterocycles. The summed E-state index contributed by atoms with van der Waals surface area (Å²) in [6.45, 7) is 10.6. The van der Waals surface area contributed by atoms with Gasteiger partial charge in [0.1, 0.15) is 24.0 Å². The van der Waals surface area contributed by atoms with E-state index in [0.717, 1.165) is 40.2 Å². The van der Waals surface area contributed by atoms with E-state index in [2.05, 4.69) is 38.3 Å². The van der Waals surface area contributed by atoms with E-state index < -0.39 is 11.9 Å². The van der Waals surface area contributed by atoms with Crippen LogP contribution in [0.3, 0.4) is 0 Å². The fraction of sp³-hybridized carbons (Fsp3) is 0.0714. The Labute approximate surface area is 193 Å². The van der Waals surface area contributed by atoms with E-state index in [4.69, 9.17) is 14.2 Å². The second kappa shape index (κ2) is 10.8. The maximum atomic E-state index is 11.7. The molecule has 0 atom stereocenters. The lowest BCUT2D eigenvalue weighted by Gasteiger charge is -2.11. The first-order chi connectivity index (χ1) is 15.9. The summed E-state index contributed by atoms with van der Waals surface area (Å²) in [5.74, 6) is 0.111. The van der Waals surface area contributed by atoms with Crippen LogP contribution in [0, 0.1) is 6.92 Å². The summed E-state index contributed by atoms with van der Waals surface area (Å²) >= 11 is 0. The van der Waals surface area contributed by atoms with E-state index in [-0.39, 0.29) is 0 Å². The first kappa shape index (κ1) is 23.3. The summed E-state index contributed by atoms with van der Waals surface area (Å²) in [7, 11) is 0. The number of carbonyl (C=O) groups is 2. The molecule has 0 fully saturated rings. The van der Waals surface area contributed by atoms with Gasteiger partial charge in [-0.3, -0.25) is 0 Å². The standard InChI is InChI=1S/C28H24O5/c1-5-27(29)32-17-16-31-24-11-8-22(9-12-24)26-15-10-23(18-20(26)4)21-6-13-25(14-7-21)33-28(30)19(2)3/h5-18H,1-2H2,3-4H3/b17-16-. The molecule has 0 aliphatic carbocycles. The van der Waals surface area contributed by atoms with Gasteiger partial charge in [0.05, 0.1) is 0 Å². The van der Waals surface area contributed by atoms with Crippen molar-refractivity contribution in [3.8, 4) is 33.8 Å². The van der Waals surface area contributed by atoms with Gasteiger partial charge < -0.3 is 14.2 Å². The lowest BCUT2D eigenvalue weighted by molar-refractivity contribution is -0.132. The van der Waals surface area contributed by atoms with Crippen molar-refractivity contribution in [2.24, 2.45) is 0 Å². The molecule has 0 aliphatic heterocycles. The number of carbonyl (C=O) groups excluding carboxylic acids is 2. The summed E-state index contributed by atoms with van der Waals surface area (Å²) in [6.07, 6.45) is 3.53. The van der Waals surface area contributed by atoms with Crippen LogP contribution < -0.4 is 9.47 Å². The monoisotopic (exact) mass is 440 g/mol. The molecule has 3 aromatic carbocycles. The summed E-state index contributed by atoms with van der Waals surface area (Å²) in [6, 6.07) is 21.2. The molecule has 0 spiro atoms. The molecule has 0 radical (unpaired) electrons. The second-order valence-electron chi connectivity index (χ2n) is 7.28. The number of ether oxygens (including phenoxy) is 3. The Hall–Kier alpha value is -4.38. The normalized spacial score (nSPS) is 10.5. The molecule has 33 heavy (non-hydrogen) atoms. The molecule has 0 amide bonds. The van der Waals surface area contributed by atoms with E-state index in [1.54, 1.807) is 19.1 Å². The third-order valence-corrected chi connectivity index (χ3v) is 4.75. The van der Waals surface area contributed by atoms with Crippen molar-refractivity contribution in [1.82, 2.24) is 0 Å². The molecule has 5 nitrogen and oxygen atoms in total. The van der Waals surface area contributed by atoms with Gasteiger partial charge in [0, 0.05) is 11.6 Å². The zero-order chi connectivity index (χ0) is 23.8. The van der Waals surface area contributed by atoms with Crippen molar-refractivity contribution in [2.75, 3.05) is 0 Å². The SMILES string of the molecule is C=CC(=O)O/C=C\Oc1ccc(-c2ccc(-c3ccc(OC(=O)C(=C)C)cc3)cc2C)cc1. The van der Waals surface area contributed by atoms with E-state index in [1.807, 2.05) is 36.4 Å². The predicted molar refractivity (Wildman–Crippen MR) is 129 cm³/mol. The van der Waals surface area contributed by atoms with Crippen LogP contribution in [0.2, 0.25) is 0 Å². The van der Waals surface area contributed by atoms with Crippen molar-refractivity contribution >= 4 is 11.9 Å². The largest absolute Gasteiger partial charge is 0.462 e. The van der Waals surface area contributed by atoms with Gasteiger partial charge in [0.25, 0.3) is 0 Å². The van der Waals surface area contributed by atoms with E-state index in [9.17, 15) is 9.59 Å². The van der Waals surface area contributed by atoms with Crippen molar-refractivity contribution in [2.45, 2.75) is 13.8 Å². The number of hydrogen-bond acceptors (Lipinski definition) is 5. The van der Waals surface area contributed by atoms with Crippen LogP contribution in [0.15, 0.2) is 104 Å². The molecule has 3 aromatic rings. The Morgan fingerprint density at radius 1 is 0.818 bits per heavy atom. The molecule has 0 unspecified atom stereocenters. The molecular weight excluding hydrogens is 416 g/mol. The highest BCUT2D eigenvalue weighted by Crippen LogP contribution is 2.30. The molecule has 0 aliphatic rings. The van der Waals surface area contributed by atoms with Gasteiger partial charge in [0.15, 0.2) is 0 Å². The Kier molecular flexibility index (Phi) is 7.60. The number of aryl methyl sites for hydroxylation is 1. The van der Waals surface area contributed by atoms with Crippen molar-refractivity contribution in [3.63, 3.8) is 0 Å². The van der Waals surface area contributed by atoms with Gasteiger partial charge in [-0.1, -0.05) is 55.6 Å². The lowest BCUT2D eigenvalue weighted by atomic mass is 9.96. The molecule has 0 saturated carbocycles. The number of esters is 2. The molecule has 5 heteroatoms. The highest BCUT2D eigenvalue weighted by atomic mass is 16.5. The molecule has 0 aromatic heterocycles. The van der Waals surface area contributed by atoms with Crippen LogP contribution in [0.1, 0.15) is 12.5 Å². The Morgan fingerprint density at radius 2 is 1.42 bits per heavy atom. The van der Waals surface area contributed by atoms with Crippen LogP contribution in [-0.2, 0) is 14.3 Å². The molecule has 0 bridgehead atoms. The van der Waals surface area contributed by atoms with Crippen LogP contribution in [0.5, 0.6) is 11.5 Å². The molecule has 166 valence electrons. The zero-order valence-corrected chi connectivity index (χ0v) is 18.5. The first-order valence-corrected chi connectivity index (χ1v) is 10.2. The van der Waals surface area contributed by atoms with Crippen molar-refractivity contribution in [1.29, 1.82) is 0 Å². The third-order valence-electron chi connectivity index (χ3n) is 4.75. The predicted octanol–water partition coefficient (Wildman–Crippen LogP) is 6.39. The van der Waals surface area contributed by atoms with E-state index in [0.29, 0.717) is 17.1 Å². The zero-order valence-electron chi connectivity index (χ0n) is 18.5.